The molecule has 0 aromatic rings. The fraction of sp³-hybridized carbons (Fsp3) is 0.923. The van der Waals surface area contributed by atoms with Crippen molar-refractivity contribution in [3.05, 3.63) is 0 Å². The largest absolute Gasteiger partial charge is 0.366 e. The first-order valence-electron chi connectivity index (χ1n) is 6.45. The second-order valence-electron chi connectivity index (χ2n) is 5.97. The van der Waals surface area contributed by atoms with Crippen molar-refractivity contribution in [2.45, 2.75) is 64.1 Å². The van der Waals surface area contributed by atoms with Crippen molar-refractivity contribution >= 4 is 5.91 Å². The van der Waals surface area contributed by atoms with Gasteiger partial charge in [-0.15, -0.1) is 0 Å². The minimum absolute atomic E-state index is 0.0698. The van der Waals surface area contributed by atoms with E-state index >= 15 is 0 Å². The predicted molar refractivity (Wildman–Crippen MR) is 68.7 cm³/mol. The molecule has 1 aliphatic rings. The molecule has 1 aliphatic carbocycles. The maximum Gasteiger partial charge on any atom is 0.248 e. The molecule has 0 radical (unpaired) electrons. The maximum absolute atomic E-state index is 11.9. The Morgan fingerprint density at radius 3 is 2.29 bits per heavy atom. The zero-order valence-corrected chi connectivity index (χ0v) is 11.5. The van der Waals surface area contributed by atoms with Crippen molar-refractivity contribution in [3.63, 3.8) is 0 Å². The minimum atomic E-state index is -0.259. The molecule has 0 aliphatic heterocycles. The van der Waals surface area contributed by atoms with Crippen LogP contribution in [0, 0.1) is 0 Å². The number of hydrogen-bond donors (Lipinski definition) is 1. The molecule has 1 amide bonds. The van der Waals surface area contributed by atoms with E-state index in [0.29, 0.717) is 12.1 Å². The molecular weight excluding hydrogens is 216 g/mol. The molecular formula is C13H26N2O2. The van der Waals surface area contributed by atoms with Crippen LogP contribution in [0.2, 0.25) is 0 Å². The van der Waals surface area contributed by atoms with E-state index < -0.39 is 0 Å². The standard InChI is InChI=1S/C13H26N2O2/c1-13(2,3)17-9-12(16)15(4)11-7-5-10(14)6-8-11/h10-11H,5-9,14H2,1-4H3. The highest BCUT2D eigenvalue weighted by Gasteiger charge is 2.25. The lowest BCUT2D eigenvalue weighted by Gasteiger charge is -2.34. The highest BCUT2D eigenvalue weighted by Crippen LogP contribution is 2.21. The van der Waals surface area contributed by atoms with Crippen LogP contribution in [0.5, 0.6) is 0 Å². The van der Waals surface area contributed by atoms with Gasteiger partial charge in [0.05, 0.1) is 5.60 Å². The van der Waals surface area contributed by atoms with Crippen LogP contribution in [0.3, 0.4) is 0 Å². The molecule has 0 unspecified atom stereocenters. The summed E-state index contributed by atoms with van der Waals surface area (Å²) in [5.74, 6) is 0.0698. The van der Waals surface area contributed by atoms with E-state index in [1.165, 1.54) is 0 Å². The number of hydrogen-bond acceptors (Lipinski definition) is 3. The molecule has 1 fully saturated rings. The van der Waals surface area contributed by atoms with Gasteiger partial charge < -0.3 is 15.4 Å². The van der Waals surface area contributed by atoms with Crippen LogP contribution < -0.4 is 5.73 Å². The molecule has 4 nitrogen and oxygen atoms in total. The summed E-state index contributed by atoms with van der Waals surface area (Å²) in [5, 5.41) is 0. The highest BCUT2D eigenvalue weighted by molar-refractivity contribution is 5.77. The van der Waals surface area contributed by atoms with Crippen LogP contribution in [0.1, 0.15) is 46.5 Å². The van der Waals surface area contributed by atoms with Crippen LogP contribution in [0.25, 0.3) is 0 Å². The van der Waals surface area contributed by atoms with E-state index in [-0.39, 0.29) is 18.1 Å². The number of likely N-dealkylation sites (N-methyl/N-ethyl adjacent to an activating group) is 1. The van der Waals surface area contributed by atoms with E-state index in [4.69, 9.17) is 10.5 Å². The van der Waals surface area contributed by atoms with Crippen molar-refractivity contribution < 1.29 is 9.53 Å². The third-order valence-corrected chi connectivity index (χ3v) is 3.31. The van der Waals surface area contributed by atoms with Gasteiger partial charge in [0.1, 0.15) is 6.61 Å². The summed E-state index contributed by atoms with van der Waals surface area (Å²) in [6.07, 6.45) is 4.06. The Bertz CT molecular complexity index is 253. The number of amides is 1. The van der Waals surface area contributed by atoms with E-state index in [9.17, 15) is 4.79 Å². The normalized spacial score (nSPS) is 25.7. The van der Waals surface area contributed by atoms with Crippen LogP contribution in [-0.2, 0) is 9.53 Å². The van der Waals surface area contributed by atoms with Gasteiger partial charge in [0.25, 0.3) is 0 Å². The first-order chi connectivity index (χ1) is 7.79. The Hall–Kier alpha value is -0.610. The smallest absolute Gasteiger partial charge is 0.248 e. The SMILES string of the molecule is CN(C(=O)COC(C)(C)C)C1CCC(N)CC1. The maximum atomic E-state index is 11.9. The highest BCUT2D eigenvalue weighted by atomic mass is 16.5. The molecule has 0 aromatic carbocycles. The summed E-state index contributed by atoms with van der Waals surface area (Å²) in [6, 6.07) is 0.659. The first-order valence-corrected chi connectivity index (χ1v) is 6.45. The Morgan fingerprint density at radius 2 is 1.82 bits per heavy atom. The van der Waals surface area contributed by atoms with Gasteiger partial charge in [-0.25, -0.2) is 0 Å². The van der Waals surface area contributed by atoms with Gasteiger partial charge >= 0.3 is 0 Å². The Balaban J connectivity index is 2.36. The molecule has 100 valence electrons. The summed E-state index contributed by atoms with van der Waals surface area (Å²) < 4.78 is 5.51. The zero-order valence-electron chi connectivity index (χ0n) is 11.5. The molecule has 0 aromatic heterocycles. The van der Waals surface area contributed by atoms with Gasteiger partial charge in [0.15, 0.2) is 0 Å². The van der Waals surface area contributed by atoms with Crippen LogP contribution in [0.4, 0.5) is 0 Å². The summed E-state index contributed by atoms with van der Waals surface area (Å²) in [7, 11) is 1.87. The van der Waals surface area contributed by atoms with E-state index in [1.54, 1.807) is 0 Å². The van der Waals surface area contributed by atoms with Gasteiger partial charge in [0, 0.05) is 19.1 Å². The topological polar surface area (TPSA) is 55.6 Å². The lowest BCUT2D eigenvalue weighted by Crippen LogP contribution is -2.44. The lowest BCUT2D eigenvalue weighted by atomic mass is 9.91. The molecule has 0 spiro atoms. The number of carbonyl (C=O) groups is 1. The number of nitrogens with zero attached hydrogens (tertiary/aromatic N) is 1. The summed E-state index contributed by atoms with van der Waals surface area (Å²) in [4.78, 5) is 13.8. The molecule has 4 heteroatoms. The second-order valence-corrected chi connectivity index (χ2v) is 5.97. The molecule has 0 bridgehead atoms. The third-order valence-electron chi connectivity index (χ3n) is 3.31. The number of carbonyl (C=O) groups excluding carboxylic acids is 1. The second kappa shape index (κ2) is 5.83. The quantitative estimate of drug-likeness (QED) is 0.816. The minimum Gasteiger partial charge on any atom is -0.366 e. The van der Waals surface area contributed by atoms with Crippen molar-refractivity contribution in [3.8, 4) is 0 Å². The lowest BCUT2D eigenvalue weighted by molar-refractivity contribution is -0.142. The number of ether oxygens (including phenoxy) is 1. The van der Waals surface area contributed by atoms with Crippen molar-refractivity contribution in [1.29, 1.82) is 0 Å². The molecule has 2 N–H and O–H groups in total. The number of nitrogens with two attached hydrogens (primary N) is 1. The zero-order chi connectivity index (χ0) is 13.1. The number of rotatable bonds is 3. The van der Waals surface area contributed by atoms with Gasteiger partial charge in [-0.1, -0.05) is 0 Å². The molecule has 0 atom stereocenters. The molecule has 0 saturated heterocycles. The predicted octanol–water partition coefficient (Wildman–Crippen LogP) is 1.53. The molecule has 1 rings (SSSR count). The fourth-order valence-electron chi connectivity index (χ4n) is 2.07. The Morgan fingerprint density at radius 1 is 1.29 bits per heavy atom. The fourth-order valence-corrected chi connectivity index (χ4v) is 2.07. The Labute approximate surface area is 104 Å². The van der Waals surface area contributed by atoms with Gasteiger partial charge in [-0.3, -0.25) is 4.79 Å². The van der Waals surface area contributed by atoms with Gasteiger partial charge in [-0.2, -0.15) is 0 Å². The Kier molecular flexibility index (Phi) is 4.95. The van der Waals surface area contributed by atoms with Gasteiger partial charge in [-0.05, 0) is 46.5 Å². The monoisotopic (exact) mass is 242 g/mol. The molecule has 0 heterocycles. The van der Waals surface area contributed by atoms with Gasteiger partial charge in [0.2, 0.25) is 5.91 Å². The average molecular weight is 242 g/mol. The van der Waals surface area contributed by atoms with Crippen molar-refractivity contribution in [2.75, 3.05) is 13.7 Å². The van der Waals surface area contributed by atoms with Crippen LogP contribution in [0.15, 0.2) is 0 Å². The summed E-state index contributed by atoms with van der Waals surface area (Å²) in [5.41, 5.74) is 5.60. The molecule has 1 saturated carbocycles. The van der Waals surface area contributed by atoms with Crippen LogP contribution in [-0.4, -0.2) is 42.1 Å². The molecule has 17 heavy (non-hydrogen) atoms. The van der Waals surface area contributed by atoms with Crippen molar-refractivity contribution in [2.24, 2.45) is 5.73 Å². The van der Waals surface area contributed by atoms with E-state index in [1.807, 2.05) is 32.7 Å². The summed E-state index contributed by atoms with van der Waals surface area (Å²) >= 11 is 0. The van der Waals surface area contributed by atoms with E-state index in [0.717, 1.165) is 25.7 Å². The third kappa shape index (κ3) is 5.04. The average Bonchev–Trinajstić information content (AvgIpc) is 2.25. The first kappa shape index (κ1) is 14.5. The summed E-state index contributed by atoms with van der Waals surface area (Å²) in [6.45, 7) is 6.04. The van der Waals surface area contributed by atoms with Crippen LogP contribution >= 0.6 is 0 Å². The van der Waals surface area contributed by atoms with E-state index in [2.05, 4.69) is 0 Å². The van der Waals surface area contributed by atoms with Crippen molar-refractivity contribution in [1.82, 2.24) is 4.90 Å².